The van der Waals surface area contributed by atoms with E-state index in [4.69, 9.17) is 0 Å². The lowest BCUT2D eigenvalue weighted by atomic mass is 9.84. The third-order valence-electron chi connectivity index (χ3n) is 2.65. The van der Waals surface area contributed by atoms with Crippen molar-refractivity contribution in [3.63, 3.8) is 0 Å². The van der Waals surface area contributed by atoms with Crippen molar-refractivity contribution in [3.8, 4) is 0 Å². The Morgan fingerprint density at radius 2 is 2.27 bits per heavy atom. The number of rotatable bonds is 2. The molecule has 1 aliphatic rings. The highest BCUT2D eigenvalue weighted by atomic mass is 16.3. The minimum absolute atomic E-state index is 0.469. The van der Waals surface area contributed by atoms with Crippen LogP contribution in [-0.2, 0) is 0 Å². The van der Waals surface area contributed by atoms with Crippen molar-refractivity contribution in [2.45, 2.75) is 51.6 Å². The fraction of sp³-hybridized carbons (Fsp3) is 0.800. The molecule has 11 heavy (non-hydrogen) atoms. The Hall–Kier alpha value is -0.300. The zero-order valence-corrected chi connectivity index (χ0v) is 7.56. The van der Waals surface area contributed by atoms with Gasteiger partial charge in [0.2, 0.25) is 0 Å². The molecule has 0 amide bonds. The lowest BCUT2D eigenvalue weighted by molar-refractivity contribution is 0.0687. The molecule has 1 atom stereocenters. The second-order valence-corrected chi connectivity index (χ2v) is 3.47. The summed E-state index contributed by atoms with van der Waals surface area (Å²) in [6.07, 6.45) is 7.34. The molecule has 0 saturated heterocycles. The van der Waals surface area contributed by atoms with Crippen molar-refractivity contribution in [1.29, 1.82) is 0 Å². The van der Waals surface area contributed by atoms with E-state index in [1.165, 1.54) is 12.0 Å². The summed E-state index contributed by atoms with van der Waals surface area (Å²) in [5, 5.41) is 9.91. The molecule has 0 spiro atoms. The Balaban J connectivity index is 2.69. The minimum Gasteiger partial charge on any atom is -0.386 e. The van der Waals surface area contributed by atoms with Crippen LogP contribution in [0.2, 0.25) is 0 Å². The first-order valence-electron chi connectivity index (χ1n) is 4.63. The van der Waals surface area contributed by atoms with Crippen LogP contribution in [0.5, 0.6) is 0 Å². The van der Waals surface area contributed by atoms with Crippen LogP contribution in [0.1, 0.15) is 46.0 Å². The van der Waals surface area contributed by atoms with Crippen LogP contribution in [0.3, 0.4) is 0 Å². The van der Waals surface area contributed by atoms with Gasteiger partial charge in [-0.2, -0.15) is 0 Å². The van der Waals surface area contributed by atoms with E-state index in [1.807, 2.05) is 0 Å². The van der Waals surface area contributed by atoms with Gasteiger partial charge in [0.25, 0.3) is 0 Å². The molecule has 0 heterocycles. The van der Waals surface area contributed by atoms with Crippen LogP contribution >= 0.6 is 0 Å². The quantitative estimate of drug-likeness (QED) is 0.606. The minimum atomic E-state index is -0.469. The first kappa shape index (κ1) is 8.79. The molecule has 1 heteroatoms. The Morgan fingerprint density at radius 1 is 1.55 bits per heavy atom. The predicted octanol–water partition coefficient (Wildman–Crippen LogP) is 2.65. The molecule has 64 valence electrons. The van der Waals surface area contributed by atoms with E-state index in [0.29, 0.717) is 0 Å². The molecule has 0 aromatic heterocycles. The average Bonchev–Trinajstić information content (AvgIpc) is 2.05. The van der Waals surface area contributed by atoms with E-state index in [2.05, 4.69) is 19.9 Å². The number of aliphatic hydroxyl groups is 1. The zero-order chi connectivity index (χ0) is 8.32. The van der Waals surface area contributed by atoms with Crippen LogP contribution in [-0.4, -0.2) is 10.7 Å². The maximum Gasteiger partial charge on any atom is 0.0827 e. The van der Waals surface area contributed by atoms with Gasteiger partial charge < -0.3 is 5.11 Å². The summed E-state index contributed by atoms with van der Waals surface area (Å²) in [7, 11) is 0. The average molecular weight is 154 g/mol. The van der Waals surface area contributed by atoms with Gasteiger partial charge >= 0.3 is 0 Å². The van der Waals surface area contributed by atoms with E-state index in [0.717, 1.165) is 25.7 Å². The molecule has 0 aromatic rings. The van der Waals surface area contributed by atoms with Gasteiger partial charge in [-0.25, -0.2) is 0 Å². The molecule has 0 radical (unpaired) electrons. The Bertz CT molecular complexity index is 160. The van der Waals surface area contributed by atoms with Crippen molar-refractivity contribution in [2.75, 3.05) is 0 Å². The van der Waals surface area contributed by atoms with Crippen LogP contribution < -0.4 is 0 Å². The molecule has 0 fully saturated rings. The summed E-state index contributed by atoms with van der Waals surface area (Å²) >= 11 is 0. The second kappa shape index (κ2) is 3.40. The molecular weight excluding hydrogens is 136 g/mol. The summed E-state index contributed by atoms with van der Waals surface area (Å²) in [4.78, 5) is 0. The van der Waals surface area contributed by atoms with E-state index < -0.39 is 5.60 Å². The molecule has 1 unspecified atom stereocenters. The molecule has 0 bridgehead atoms. The van der Waals surface area contributed by atoms with E-state index >= 15 is 0 Å². The second-order valence-electron chi connectivity index (χ2n) is 3.47. The Morgan fingerprint density at radius 3 is 2.82 bits per heavy atom. The summed E-state index contributed by atoms with van der Waals surface area (Å²) in [6.45, 7) is 4.21. The van der Waals surface area contributed by atoms with Crippen molar-refractivity contribution >= 4 is 0 Å². The van der Waals surface area contributed by atoms with Gasteiger partial charge in [0.15, 0.2) is 0 Å². The topological polar surface area (TPSA) is 20.2 Å². The highest BCUT2D eigenvalue weighted by Gasteiger charge is 2.24. The zero-order valence-electron chi connectivity index (χ0n) is 7.56. The molecule has 0 aliphatic heterocycles. The smallest absolute Gasteiger partial charge is 0.0827 e. The lowest BCUT2D eigenvalue weighted by Crippen LogP contribution is -2.27. The summed E-state index contributed by atoms with van der Waals surface area (Å²) in [5.74, 6) is 0. The van der Waals surface area contributed by atoms with Gasteiger partial charge in [-0.15, -0.1) is 0 Å². The molecule has 0 aromatic carbocycles. The van der Waals surface area contributed by atoms with Gasteiger partial charge in [0, 0.05) is 0 Å². The van der Waals surface area contributed by atoms with Crippen LogP contribution in [0.4, 0.5) is 0 Å². The number of hydrogen-bond donors (Lipinski definition) is 1. The fourth-order valence-corrected chi connectivity index (χ4v) is 1.70. The molecule has 0 saturated carbocycles. The summed E-state index contributed by atoms with van der Waals surface area (Å²) in [6, 6.07) is 0. The monoisotopic (exact) mass is 154 g/mol. The fourth-order valence-electron chi connectivity index (χ4n) is 1.70. The van der Waals surface area contributed by atoms with Gasteiger partial charge in [-0.1, -0.05) is 25.5 Å². The number of allylic oxidation sites excluding steroid dienone is 1. The standard InChI is InChI=1S/C10H18O/c1-3-9-6-5-7-10(11,4-2)8-9/h8,11H,3-7H2,1-2H3. The Labute approximate surface area is 69.1 Å². The first-order valence-corrected chi connectivity index (χ1v) is 4.63. The van der Waals surface area contributed by atoms with E-state index in [1.54, 1.807) is 0 Å². The van der Waals surface area contributed by atoms with Gasteiger partial charge in [-0.05, 0) is 32.1 Å². The molecule has 1 nitrogen and oxygen atoms in total. The maximum atomic E-state index is 9.91. The third-order valence-corrected chi connectivity index (χ3v) is 2.65. The van der Waals surface area contributed by atoms with Crippen molar-refractivity contribution in [1.82, 2.24) is 0 Å². The third kappa shape index (κ3) is 2.06. The predicted molar refractivity (Wildman–Crippen MR) is 47.5 cm³/mol. The summed E-state index contributed by atoms with van der Waals surface area (Å²) in [5.41, 5.74) is 0.962. The molecule has 1 rings (SSSR count). The molecular formula is C10H18O. The van der Waals surface area contributed by atoms with Gasteiger partial charge in [0.05, 0.1) is 5.60 Å². The summed E-state index contributed by atoms with van der Waals surface area (Å²) < 4.78 is 0. The lowest BCUT2D eigenvalue weighted by Gasteiger charge is -2.28. The Kier molecular flexibility index (Phi) is 2.72. The first-order chi connectivity index (χ1) is 5.20. The highest BCUT2D eigenvalue weighted by Crippen LogP contribution is 2.30. The molecule has 1 aliphatic carbocycles. The van der Waals surface area contributed by atoms with Crippen LogP contribution in [0.25, 0.3) is 0 Å². The van der Waals surface area contributed by atoms with E-state index in [9.17, 15) is 5.11 Å². The molecule has 1 N–H and O–H groups in total. The largest absolute Gasteiger partial charge is 0.386 e. The maximum absolute atomic E-state index is 9.91. The highest BCUT2D eigenvalue weighted by molar-refractivity contribution is 5.14. The number of hydrogen-bond acceptors (Lipinski definition) is 1. The van der Waals surface area contributed by atoms with Crippen LogP contribution in [0.15, 0.2) is 11.6 Å². The van der Waals surface area contributed by atoms with Crippen molar-refractivity contribution < 1.29 is 5.11 Å². The normalized spacial score (nSPS) is 31.7. The van der Waals surface area contributed by atoms with E-state index in [-0.39, 0.29) is 0 Å². The van der Waals surface area contributed by atoms with Crippen LogP contribution in [0, 0.1) is 0 Å². The SMILES string of the molecule is CCC1=CC(O)(CC)CCC1. The van der Waals surface area contributed by atoms with Gasteiger partial charge in [-0.3, -0.25) is 0 Å². The van der Waals surface area contributed by atoms with Crippen molar-refractivity contribution in [2.24, 2.45) is 0 Å². The van der Waals surface area contributed by atoms with Gasteiger partial charge in [0.1, 0.15) is 0 Å². The van der Waals surface area contributed by atoms with Crippen molar-refractivity contribution in [3.05, 3.63) is 11.6 Å².